The molecule has 0 fully saturated rings. The minimum atomic E-state index is -1.25. The van der Waals surface area contributed by atoms with E-state index in [0.717, 1.165) is 32.1 Å². The van der Waals surface area contributed by atoms with Crippen LogP contribution in [0.3, 0.4) is 0 Å². The third-order valence-electron chi connectivity index (χ3n) is 3.43. The molecule has 0 aliphatic heterocycles. The fourth-order valence-electron chi connectivity index (χ4n) is 2.00. The first-order chi connectivity index (χ1) is 10.7. The molecule has 120 valence electrons. The molecule has 0 aromatic rings. The summed E-state index contributed by atoms with van der Waals surface area (Å²) in [5.41, 5.74) is 4.66. The highest BCUT2D eigenvalue weighted by atomic mass is 35.5. The van der Waals surface area contributed by atoms with E-state index >= 15 is 0 Å². The van der Waals surface area contributed by atoms with E-state index < -0.39 is 6.37 Å². The second-order valence-electron chi connectivity index (χ2n) is 5.84. The second-order valence-corrected chi connectivity index (χ2v) is 6.15. The normalized spacial score (nSPS) is 15.8. The molecule has 21 heavy (non-hydrogen) atoms. The van der Waals surface area contributed by atoms with Gasteiger partial charge in [0.2, 0.25) is 0 Å². The predicted molar refractivity (Wildman–Crippen MR) is 99.1 cm³/mol. The zero-order valence-electron chi connectivity index (χ0n) is 16.3. The molecule has 0 unspecified atom stereocenters. The van der Waals surface area contributed by atoms with Gasteiger partial charge in [0.05, 0.1) is 0 Å². The van der Waals surface area contributed by atoms with Crippen LogP contribution in [0.2, 0.25) is 0 Å². The monoisotopic (exact) mass is 310 g/mol. The van der Waals surface area contributed by atoms with Gasteiger partial charge in [-0.25, -0.2) is 0 Å². The van der Waals surface area contributed by atoms with Gasteiger partial charge in [-0.3, -0.25) is 0 Å². The number of hydrogen-bond donors (Lipinski definition) is 0. The van der Waals surface area contributed by atoms with Gasteiger partial charge in [0.25, 0.3) is 0 Å². The molecule has 0 saturated heterocycles. The lowest BCUT2D eigenvalue weighted by molar-refractivity contribution is 0.797. The fourth-order valence-corrected chi connectivity index (χ4v) is 2.27. The van der Waals surface area contributed by atoms with Gasteiger partial charge in [-0.15, -0.1) is 18.2 Å². The van der Waals surface area contributed by atoms with E-state index in [1.165, 1.54) is 16.7 Å². The average Bonchev–Trinajstić information content (AvgIpc) is 2.45. The molecular formula is C20H33Cl. The highest BCUT2D eigenvalue weighted by molar-refractivity contribution is 6.18. The Labute approximate surface area is 140 Å². The summed E-state index contributed by atoms with van der Waals surface area (Å²) >= 11 is 5.68. The number of hydrogen-bond acceptors (Lipinski definition) is 0. The summed E-state index contributed by atoms with van der Waals surface area (Å²) in [6.45, 7) is 11.9. The molecule has 1 heteroatoms. The Hall–Kier alpha value is -0.750. The molecule has 0 amide bonds. The summed E-state index contributed by atoms with van der Waals surface area (Å²) in [7, 11) is 0. The third kappa shape index (κ3) is 14.0. The molecule has 0 heterocycles. The highest BCUT2D eigenvalue weighted by Gasteiger charge is 1.94. The first-order valence-electron chi connectivity index (χ1n) is 8.88. The summed E-state index contributed by atoms with van der Waals surface area (Å²) in [5, 5.41) is 0. The molecule has 0 aliphatic rings. The van der Waals surface area contributed by atoms with Crippen molar-refractivity contribution < 1.29 is 2.74 Å². The van der Waals surface area contributed by atoms with Crippen molar-refractivity contribution >= 4 is 11.6 Å². The number of halogens is 1. The third-order valence-corrected chi connectivity index (χ3v) is 3.59. The van der Waals surface area contributed by atoms with E-state index in [9.17, 15) is 0 Å². The zero-order chi connectivity index (χ0) is 17.9. The van der Waals surface area contributed by atoms with Crippen molar-refractivity contribution in [2.24, 2.45) is 0 Å². The molecule has 0 bridgehead atoms. The van der Waals surface area contributed by atoms with E-state index in [4.69, 9.17) is 14.3 Å². The van der Waals surface area contributed by atoms with Crippen LogP contribution in [0, 0.1) is 0 Å². The van der Waals surface area contributed by atoms with Crippen molar-refractivity contribution in [1.82, 2.24) is 0 Å². The van der Waals surface area contributed by atoms with E-state index in [1.807, 2.05) is 0 Å². The number of alkyl halides is 1. The standard InChI is InChI=1S/C20H33Cl/c1-17(2)9-6-10-18(3)11-7-12-19(4)13-8-14-20(5)15-16-21/h11,13,15H,1,6-10,12,14,16H2,2-5H3/b18-11+,19-13+,20-15+/i9D2. The molecule has 0 atom stereocenters. The molecule has 0 aliphatic carbocycles. The maximum atomic E-state index is 7.88. The number of allylic oxidation sites excluding steroid dienone is 7. The summed E-state index contributed by atoms with van der Waals surface area (Å²) < 4.78 is 15.8. The van der Waals surface area contributed by atoms with Crippen LogP contribution in [-0.4, -0.2) is 5.88 Å². The molecule has 0 N–H and O–H groups in total. The van der Waals surface area contributed by atoms with E-state index in [0.29, 0.717) is 17.9 Å². The van der Waals surface area contributed by atoms with E-state index in [1.54, 1.807) is 6.92 Å². The second kappa shape index (κ2) is 13.0. The van der Waals surface area contributed by atoms with Crippen LogP contribution < -0.4 is 0 Å². The lowest BCUT2D eigenvalue weighted by Crippen LogP contribution is -1.83. The maximum Gasteiger partial charge on any atom is 0.0406 e. The van der Waals surface area contributed by atoms with Crippen molar-refractivity contribution in [3.63, 3.8) is 0 Å². The largest absolute Gasteiger partial charge is 0.122 e. The van der Waals surface area contributed by atoms with E-state index in [2.05, 4.69) is 45.6 Å². The molecule has 0 saturated carbocycles. The molecule has 0 aromatic heterocycles. The van der Waals surface area contributed by atoms with Crippen LogP contribution in [0.15, 0.2) is 47.1 Å². The van der Waals surface area contributed by atoms with Gasteiger partial charge >= 0.3 is 0 Å². The van der Waals surface area contributed by atoms with Crippen LogP contribution in [0.4, 0.5) is 0 Å². The van der Waals surface area contributed by atoms with Crippen molar-refractivity contribution in [3.8, 4) is 0 Å². The van der Waals surface area contributed by atoms with Gasteiger partial charge in [0.1, 0.15) is 0 Å². The first-order valence-corrected chi connectivity index (χ1v) is 8.41. The molecule has 0 spiro atoms. The Balaban J connectivity index is 4.11. The van der Waals surface area contributed by atoms with Gasteiger partial charge in [-0.2, -0.15) is 0 Å². The SMILES string of the molecule is [2H]C([2H])(CC/C(C)=C/CC/C(C)=C/CC/C(C)=C/CCl)C(=C)C. The van der Waals surface area contributed by atoms with Gasteiger partial charge < -0.3 is 0 Å². The Morgan fingerprint density at radius 3 is 1.86 bits per heavy atom. The van der Waals surface area contributed by atoms with Gasteiger partial charge in [0.15, 0.2) is 0 Å². The van der Waals surface area contributed by atoms with Gasteiger partial charge in [-0.1, -0.05) is 40.5 Å². The topological polar surface area (TPSA) is 0 Å². The van der Waals surface area contributed by atoms with Crippen molar-refractivity contribution in [3.05, 3.63) is 47.1 Å². The summed E-state index contributed by atoms with van der Waals surface area (Å²) in [5.74, 6) is 0.599. The molecule has 0 radical (unpaired) electrons. The summed E-state index contributed by atoms with van der Waals surface area (Å²) in [4.78, 5) is 0. The Morgan fingerprint density at radius 1 is 0.905 bits per heavy atom. The molecular weight excluding hydrogens is 276 g/mol. The van der Waals surface area contributed by atoms with Crippen molar-refractivity contribution in [1.29, 1.82) is 0 Å². The smallest absolute Gasteiger partial charge is 0.0406 e. The Bertz CT molecular complexity index is 456. The van der Waals surface area contributed by atoms with Crippen LogP contribution in [0.25, 0.3) is 0 Å². The first kappa shape index (κ1) is 16.6. The van der Waals surface area contributed by atoms with Crippen LogP contribution in [-0.2, 0) is 0 Å². The van der Waals surface area contributed by atoms with Gasteiger partial charge in [0, 0.05) is 8.62 Å². The predicted octanol–water partition coefficient (Wildman–Crippen LogP) is 7.37. The van der Waals surface area contributed by atoms with Crippen LogP contribution >= 0.6 is 11.6 Å². The Morgan fingerprint density at radius 2 is 1.38 bits per heavy atom. The molecule has 0 aromatic carbocycles. The molecule has 0 rings (SSSR count). The highest BCUT2D eigenvalue weighted by Crippen LogP contribution is 2.14. The Kier molecular flexibility index (Phi) is 10.2. The lowest BCUT2D eigenvalue weighted by Gasteiger charge is -2.03. The van der Waals surface area contributed by atoms with Crippen molar-refractivity contribution in [2.75, 3.05) is 5.88 Å². The average molecular weight is 311 g/mol. The zero-order valence-corrected chi connectivity index (χ0v) is 15.0. The maximum absolute atomic E-state index is 7.88. The van der Waals surface area contributed by atoms with Gasteiger partial charge in [-0.05, 0) is 72.6 Å². The van der Waals surface area contributed by atoms with Crippen LogP contribution in [0.5, 0.6) is 0 Å². The van der Waals surface area contributed by atoms with Crippen LogP contribution in [0.1, 0.15) is 75.3 Å². The lowest BCUT2D eigenvalue weighted by atomic mass is 10.0. The summed E-state index contributed by atoms with van der Waals surface area (Å²) in [6.07, 6.45) is 10.9. The minimum Gasteiger partial charge on any atom is -0.122 e. The molecule has 0 nitrogen and oxygen atoms in total. The van der Waals surface area contributed by atoms with E-state index in [-0.39, 0.29) is 0 Å². The summed E-state index contributed by atoms with van der Waals surface area (Å²) in [6, 6.07) is 0. The fraction of sp³-hybridized carbons (Fsp3) is 0.600. The minimum absolute atomic E-state index is 0.520. The number of rotatable bonds is 11. The quantitative estimate of drug-likeness (QED) is 0.276. The van der Waals surface area contributed by atoms with Crippen molar-refractivity contribution in [2.45, 2.75) is 72.6 Å².